The molecule has 0 fully saturated rings. The van der Waals surface area contributed by atoms with Gasteiger partial charge in [0.15, 0.2) is 0 Å². The molecule has 1 rings (SSSR count). The lowest BCUT2D eigenvalue weighted by Gasteiger charge is -2.16. The van der Waals surface area contributed by atoms with E-state index in [1.165, 1.54) is 0 Å². The molecule has 3 nitrogen and oxygen atoms in total. The van der Waals surface area contributed by atoms with Crippen LogP contribution < -0.4 is 5.73 Å². The van der Waals surface area contributed by atoms with E-state index in [9.17, 15) is 4.79 Å². The highest BCUT2D eigenvalue weighted by Crippen LogP contribution is 2.30. The highest BCUT2D eigenvalue weighted by atomic mass is 35.5. The van der Waals surface area contributed by atoms with E-state index in [2.05, 4.69) is 0 Å². The van der Waals surface area contributed by atoms with Crippen LogP contribution in [0.25, 0.3) is 0 Å². The van der Waals surface area contributed by atoms with Gasteiger partial charge in [-0.25, -0.2) is 0 Å². The first-order chi connectivity index (χ1) is 9.85. The van der Waals surface area contributed by atoms with Gasteiger partial charge in [-0.1, -0.05) is 48.1 Å². The van der Waals surface area contributed by atoms with Gasteiger partial charge in [0.25, 0.3) is 0 Å². The number of carboxylic acids is 1. The van der Waals surface area contributed by atoms with Crippen LogP contribution in [0.4, 0.5) is 0 Å². The van der Waals surface area contributed by atoms with Gasteiger partial charge in [-0.3, -0.25) is 4.79 Å². The fraction of sp³-hybridized carbons (Fsp3) is 0.533. The van der Waals surface area contributed by atoms with Crippen LogP contribution in [-0.4, -0.2) is 17.6 Å². The summed E-state index contributed by atoms with van der Waals surface area (Å²) in [4.78, 5) is 11.0. The summed E-state index contributed by atoms with van der Waals surface area (Å²) in [6, 6.07) is 3.37. The molecule has 0 aliphatic rings. The van der Waals surface area contributed by atoms with Gasteiger partial charge in [-0.05, 0) is 42.9 Å². The van der Waals surface area contributed by atoms with Gasteiger partial charge in [-0.15, -0.1) is 0 Å². The van der Waals surface area contributed by atoms with Crippen molar-refractivity contribution in [1.29, 1.82) is 0 Å². The van der Waals surface area contributed by atoms with Crippen LogP contribution in [0.5, 0.6) is 0 Å². The average Bonchev–Trinajstić information content (AvgIpc) is 2.38. The zero-order chi connectivity index (χ0) is 16.0. The SMILES string of the molecule is CC(CCCc1c(Cl)cc(Cl)cc1Cl)CC(CN)C(=O)O. The van der Waals surface area contributed by atoms with Gasteiger partial charge in [0.05, 0.1) is 5.92 Å². The Morgan fingerprint density at radius 1 is 1.29 bits per heavy atom. The zero-order valence-electron chi connectivity index (χ0n) is 11.9. The first kappa shape index (κ1) is 18.6. The molecule has 0 radical (unpaired) electrons. The van der Waals surface area contributed by atoms with E-state index in [4.69, 9.17) is 45.6 Å². The maximum atomic E-state index is 11.0. The van der Waals surface area contributed by atoms with E-state index < -0.39 is 11.9 Å². The number of carboxylic acid groups (broad SMARTS) is 1. The number of nitrogens with two attached hydrogens (primary N) is 1. The van der Waals surface area contributed by atoms with Crippen LogP contribution in [-0.2, 0) is 11.2 Å². The fourth-order valence-corrected chi connectivity index (χ4v) is 3.35. The van der Waals surface area contributed by atoms with Crippen molar-refractivity contribution in [3.8, 4) is 0 Å². The second-order valence-electron chi connectivity index (χ2n) is 5.35. The Labute approximate surface area is 140 Å². The average molecular weight is 353 g/mol. The third-order valence-electron chi connectivity index (χ3n) is 3.55. The van der Waals surface area contributed by atoms with E-state index in [-0.39, 0.29) is 6.54 Å². The lowest BCUT2D eigenvalue weighted by atomic mass is 9.91. The van der Waals surface area contributed by atoms with Crippen molar-refractivity contribution in [3.63, 3.8) is 0 Å². The maximum absolute atomic E-state index is 11.0. The minimum Gasteiger partial charge on any atom is -0.481 e. The Hall–Kier alpha value is -0.480. The van der Waals surface area contributed by atoms with Crippen molar-refractivity contribution in [2.45, 2.75) is 32.6 Å². The van der Waals surface area contributed by atoms with Gasteiger partial charge in [0, 0.05) is 21.6 Å². The topological polar surface area (TPSA) is 63.3 Å². The smallest absolute Gasteiger partial charge is 0.307 e. The van der Waals surface area contributed by atoms with Gasteiger partial charge in [-0.2, -0.15) is 0 Å². The van der Waals surface area contributed by atoms with Crippen molar-refractivity contribution in [2.24, 2.45) is 17.6 Å². The van der Waals surface area contributed by atoms with Crippen molar-refractivity contribution >= 4 is 40.8 Å². The molecule has 0 amide bonds. The fourth-order valence-electron chi connectivity index (χ4n) is 2.34. The summed E-state index contributed by atoms with van der Waals surface area (Å²) in [6.07, 6.45) is 3.13. The molecular formula is C15H20Cl3NO2. The van der Waals surface area contributed by atoms with Crippen LogP contribution in [0.1, 0.15) is 31.7 Å². The van der Waals surface area contributed by atoms with Crippen molar-refractivity contribution in [3.05, 3.63) is 32.8 Å². The molecule has 21 heavy (non-hydrogen) atoms. The largest absolute Gasteiger partial charge is 0.481 e. The third kappa shape index (κ3) is 6.03. The van der Waals surface area contributed by atoms with Crippen molar-refractivity contribution in [1.82, 2.24) is 0 Å². The van der Waals surface area contributed by atoms with Crippen LogP contribution >= 0.6 is 34.8 Å². The normalized spacial score (nSPS) is 14.0. The first-order valence-electron chi connectivity index (χ1n) is 6.91. The predicted octanol–water partition coefficient (Wildman–Crippen LogP) is 4.66. The second kappa shape index (κ2) is 8.84. The van der Waals surface area contributed by atoms with E-state index in [0.29, 0.717) is 27.4 Å². The van der Waals surface area contributed by atoms with Gasteiger partial charge >= 0.3 is 5.97 Å². The number of halogens is 3. The first-order valence-corrected chi connectivity index (χ1v) is 8.04. The molecule has 1 aromatic rings. The summed E-state index contributed by atoms with van der Waals surface area (Å²) >= 11 is 18.1. The van der Waals surface area contributed by atoms with Crippen molar-refractivity contribution in [2.75, 3.05) is 6.54 Å². The van der Waals surface area contributed by atoms with Gasteiger partial charge in [0.2, 0.25) is 0 Å². The molecule has 0 aliphatic carbocycles. The highest BCUT2D eigenvalue weighted by Gasteiger charge is 2.18. The van der Waals surface area contributed by atoms with E-state index in [0.717, 1.165) is 24.8 Å². The summed E-state index contributed by atoms with van der Waals surface area (Å²) in [6.45, 7) is 2.21. The number of hydrogen-bond donors (Lipinski definition) is 2. The minimum atomic E-state index is -0.826. The van der Waals surface area contributed by atoms with Crippen LogP contribution in [0, 0.1) is 11.8 Å². The molecule has 2 unspecified atom stereocenters. The minimum absolute atomic E-state index is 0.175. The van der Waals surface area contributed by atoms with Gasteiger partial charge < -0.3 is 10.8 Å². The lowest BCUT2D eigenvalue weighted by Crippen LogP contribution is -2.25. The summed E-state index contributed by atoms with van der Waals surface area (Å²) < 4.78 is 0. The van der Waals surface area contributed by atoms with E-state index >= 15 is 0 Å². The van der Waals surface area contributed by atoms with Crippen LogP contribution in [0.2, 0.25) is 15.1 Å². The lowest BCUT2D eigenvalue weighted by molar-refractivity contribution is -0.141. The third-order valence-corrected chi connectivity index (χ3v) is 4.44. The molecule has 0 aromatic heterocycles. The standard InChI is InChI=1S/C15H20Cl3NO2/c1-9(5-10(8-19)15(20)21)3-2-4-12-13(17)6-11(16)7-14(12)18/h6-7,9-10H,2-5,8,19H2,1H3,(H,20,21). The molecule has 0 aliphatic heterocycles. The molecule has 3 N–H and O–H groups in total. The monoisotopic (exact) mass is 351 g/mol. The Morgan fingerprint density at radius 2 is 1.86 bits per heavy atom. The number of benzene rings is 1. The van der Waals surface area contributed by atoms with E-state index in [1.807, 2.05) is 6.92 Å². The zero-order valence-corrected chi connectivity index (χ0v) is 14.2. The molecule has 2 atom stereocenters. The quantitative estimate of drug-likeness (QED) is 0.715. The Kier molecular flexibility index (Phi) is 7.82. The molecule has 0 heterocycles. The number of hydrogen-bond acceptors (Lipinski definition) is 2. The Balaban J connectivity index is 2.48. The molecular weight excluding hydrogens is 333 g/mol. The second-order valence-corrected chi connectivity index (χ2v) is 6.60. The highest BCUT2D eigenvalue weighted by molar-refractivity contribution is 6.39. The Bertz CT molecular complexity index is 471. The number of rotatable bonds is 8. The van der Waals surface area contributed by atoms with Crippen molar-refractivity contribution < 1.29 is 9.90 Å². The molecule has 0 saturated carbocycles. The van der Waals surface area contributed by atoms with Gasteiger partial charge in [0.1, 0.15) is 0 Å². The molecule has 0 bridgehead atoms. The summed E-state index contributed by atoms with van der Waals surface area (Å²) in [5.74, 6) is -1.00. The number of carbonyl (C=O) groups is 1. The van der Waals surface area contributed by atoms with E-state index in [1.54, 1.807) is 12.1 Å². The summed E-state index contributed by atoms with van der Waals surface area (Å²) in [5.41, 5.74) is 6.36. The molecule has 6 heteroatoms. The molecule has 118 valence electrons. The molecule has 1 aromatic carbocycles. The summed E-state index contributed by atoms with van der Waals surface area (Å²) in [5, 5.41) is 10.7. The van der Waals surface area contributed by atoms with Crippen LogP contribution in [0.15, 0.2) is 12.1 Å². The molecule has 0 spiro atoms. The number of aliphatic carboxylic acids is 1. The molecule has 0 saturated heterocycles. The predicted molar refractivity (Wildman–Crippen MR) is 88.4 cm³/mol. The van der Waals surface area contributed by atoms with Crippen LogP contribution in [0.3, 0.4) is 0 Å². The Morgan fingerprint density at radius 3 is 2.33 bits per heavy atom. The maximum Gasteiger partial charge on any atom is 0.307 e. The summed E-state index contributed by atoms with van der Waals surface area (Å²) in [7, 11) is 0.